The first kappa shape index (κ1) is 7.69. The maximum Gasteiger partial charge on any atom is 0.169 e. The van der Waals surface area contributed by atoms with Crippen molar-refractivity contribution in [3.8, 4) is 0 Å². The van der Waals surface area contributed by atoms with Crippen LogP contribution in [0.5, 0.6) is 0 Å². The van der Waals surface area contributed by atoms with E-state index < -0.39 is 5.41 Å². The maximum atomic E-state index is 10.5. The molecule has 1 fully saturated rings. The van der Waals surface area contributed by atoms with Gasteiger partial charge < -0.3 is 14.3 Å². The van der Waals surface area contributed by atoms with Crippen LogP contribution in [0.3, 0.4) is 0 Å². The van der Waals surface area contributed by atoms with E-state index in [0.29, 0.717) is 13.2 Å². The Hall–Kier alpha value is -0.410. The van der Waals surface area contributed by atoms with Crippen LogP contribution < -0.4 is 0 Å². The normalized spacial score (nSPS) is 21.4. The Morgan fingerprint density at radius 1 is 1.40 bits per heavy atom. The smallest absolute Gasteiger partial charge is 0.169 e. The standard InChI is InChI=1S/C7H12O3/c1-7(2,5-8)6-9-3-4-10-6/h5-6H,3-4H2,1-2H3. The quantitative estimate of drug-likeness (QED) is 0.532. The van der Waals surface area contributed by atoms with Crippen LogP contribution in [0.15, 0.2) is 0 Å². The lowest BCUT2D eigenvalue weighted by molar-refractivity contribution is -0.143. The van der Waals surface area contributed by atoms with Crippen LogP contribution in [0.1, 0.15) is 13.8 Å². The van der Waals surface area contributed by atoms with Gasteiger partial charge >= 0.3 is 0 Å². The minimum atomic E-state index is -0.503. The summed E-state index contributed by atoms with van der Waals surface area (Å²) in [6.07, 6.45) is 0.521. The number of carbonyl (C=O) groups excluding carboxylic acids is 1. The van der Waals surface area contributed by atoms with E-state index in [1.54, 1.807) is 13.8 Å². The van der Waals surface area contributed by atoms with E-state index in [1.165, 1.54) is 0 Å². The molecule has 0 aromatic rings. The predicted molar refractivity (Wildman–Crippen MR) is 35.5 cm³/mol. The molecule has 0 unspecified atom stereocenters. The molecule has 10 heavy (non-hydrogen) atoms. The Balaban J connectivity index is 2.53. The third kappa shape index (κ3) is 1.36. The predicted octanol–water partition coefficient (Wildman–Crippen LogP) is 0.584. The Morgan fingerprint density at radius 3 is 2.30 bits per heavy atom. The molecule has 0 amide bonds. The number of rotatable bonds is 2. The van der Waals surface area contributed by atoms with Gasteiger partial charge in [0.2, 0.25) is 0 Å². The lowest BCUT2D eigenvalue weighted by atomic mass is 9.95. The third-order valence-corrected chi connectivity index (χ3v) is 1.53. The maximum absolute atomic E-state index is 10.5. The highest BCUT2D eigenvalue weighted by Gasteiger charge is 2.33. The van der Waals surface area contributed by atoms with Crippen LogP contribution >= 0.6 is 0 Å². The molecule has 0 N–H and O–H groups in total. The Kier molecular flexibility index (Phi) is 2.06. The van der Waals surface area contributed by atoms with Gasteiger partial charge in [0.1, 0.15) is 6.29 Å². The summed E-state index contributed by atoms with van der Waals surface area (Å²) in [5.74, 6) is 0. The average Bonchev–Trinajstić information content (AvgIpc) is 2.38. The molecular weight excluding hydrogens is 132 g/mol. The first-order valence-electron chi connectivity index (χ1n) is 3.36. The molecule has 1 heterocycles. The van der Waals surface area contributed by atoms with E-state index in [4.69, 9.17) is 9.47 Å². The molecular formula is C7H12O3. The topological polar surface area (TPSA) is 35.5 Å². The summed E-state index contributed by atoms with van der Waals surface area (Å²) in [7, 11) is 0. The van der Waals surface area contributed by atoms with Crippen LogP contribution in [-0.4, -0.2) is 25.8 Å². The van der Waals surface area contributed by atoms with Crippen LogP contribution in [0.4, 0.5) is 0 Å². The molecule has 1 aliphatic rings. The minimum absolute atomic E-state index is 0.343. The van der Waals surface area contributed by atoms with Gasteiger partial charge in [0.05, 0.1) is 18.6 Å². The van der Waals surface area contributed by atoms with Gasteiger partial charge in [0.15, 0.2) is 6.29 Å². The van der Waals surface area contributed by atoms with Crippen molar-refractivity contribution in [2.24, 2.45) is 5.41 Å². The molecule has 0 atom stereocenters. The summed E-state index contributed by atoms with van der Waals surface area (Å²) < 4.78 is 10.3. The first-order chi connectivity index (χ1) is 4.67. The Bertz CT molecular complexity index is 125. The van der Waals surface area contributed by atoms with Crippen molar-refractivity contribution in [2.45, 2.75) is 20.1 Å². The van der Waals surface area contributed by atoms with Gasteiger partial charge in [-0.3, -0.25) is 0 Å². The molecule has 0 aliphatic carbocycles. The number of ether oxygens (including phenoxy) is 2. The van der Waals surface area contributed by atoms with Crippen LogP contribution in [0.2, 0.25) is 0 Å². The second-order valence-electron chi connectivity index (χ2n) is 3.01. The number of hydrogen-bond donors (Lipinski definition) is 0. The van der Waals surface area contributed by atoms with Crippen molar-refractivity contribution < 1.29 is 14.3 Å². The second kappa shape index (κ2) is 2.68. The molecule has 0 bridgehead atoms. The Labute approximate surface area is 60.3 Å². The SMILES string of the molecule is CC(C)(C=O)C1OCCO1. The molecule has 3 nitrogen and oxygen atoms in total. The van der Waals surface area contributed by atoms with Gasteiger partial charge in [0, 0.05) is 0 Å². The molecule has 0 aromatic heterocycles. The lowest BCUT2D eigenvalue weighted by Crippen LogP contribution is -2.31. The van der Waals surface area contributed by atoms with E-state index in [0.717, 1.165) is 6.29 Å². The van der Waals surface area contributed by atoms with E-state index >= 15 is 0 Å². The molecule has 0 aromatic carbocycles. The van der Waals surface area contributed by atoms with Crippen molar-refractivity contribution >= 4 is 6.29 Å². The highest BCUT2D eigenvalue weighted by molar-refractivity contribution is 5.58. The number of carbonyl (C=O) groups is 1. The monoisotopic (exact) mass is 144 g/mol. The third-order valence-electron chi connectivity index (χ3n) is 1.53. The fraction of sp³-hybridized carbons (Fsp3) is 0.857. The molecule has 1 rings (SSSR count). The van der Waals surface area contributed by atoms with Gasteiger partial charge in [-0.05, 0) is 13.8 Å². The summed E-state index contributed by atoms with van der Waals surface area (Å²) >= 11 is 0. The van der Waals surface area contributed by atoms with Crippen molar-refractivity contribution in [3.63, 3.8) is 0 Å². The molecule has 0 radical (unpaired) electrons. The zero-order valence-electron chi connectivity index (χ0n) is 6.29. The van der Waals surface area contributed by atoms with Gasteiger partial charge in [-0.25, -0.2) is 0 Å². The van der Waals surface area contributed by atoms with Crippen molar-refractivity contribution in [2.75, 3.05) is 13.2 Å². The summed E-state index contributed by atoms with van der Waals surface area (Å²) in [4.78, 5) is 10.5. The number of aldehydes is 1. The second-order valence-corrected chi connectivity index (χ2v) is 3.01. The molecule has 3 heteroatoms. The minimum Gasteiger partial charge on any atom is -0.349 e. The van der Waals surface area contributed by atoms with E-state index in [1.807, 2.05) is 0 Å². The summed E-state index contributed by atoms with van der Waals surface area (Å²) in [6, 6.07) is 0. The van der Waals surface area contributed by atoms with Crippen molar-refractivity contribution in [3.05, 3.63) is 0 Å². The van der Waals surface area contributed by atoms with Crippen molar-refractivity contribution in [1.82, 2.24) is 0 Å². The lowest BCUT2D eigenvalue weighted by Gasteiger charge is -2.22. The van der Waals surface area contributed by atoms with Crippen LogP contribution in [0, 0.1) is 5.41 Å². The molecule has 0 saturated carbocycles. The molecule has 1 aliphatic heterocycles. The molecule has 0 spiro atoms. The van der Waals surface area contributed by atoms with E-state index in [2.05, 4.69) is 0 Å². The fourth-order valence-electron chi connectivity index (χ4n) is 0.844. The van der Waals surface area contributed by atoms with Gasteiger partial charge in [-0.1, -0.05) is 0 Å². The van der Waals surface area contributed by atoms with E-state index in [9.17, 15) is 4.79 Å². The number of hydrogen-bond acceptors (Lipinski definition) is 3. The fourth-order valence-corrected chi connectivity index (χ4v) is 0.844. The van der Waals surface area contributed by atoms with Gasteiger partial charge in [-0.15, -0.1) is 0 Å². The molecule has 58 valence electrons. The van der Waals surface area contributed by atoms with Crippen molar-refractivity contribution in [1.29, 1.82) is 0 Å². The first-order valence-corrected chi connectivity index (χ1v) is 3.36. The zero-order chi connectivity index (χ0) is 7.61. The molecule has 1 saturated heterocycles. The summed E-state index contributed by atoms with van der Waals surface area (Å²) in [6.45, 7) is 4.80. The van der Waals surface area contributed by atoms with Gasteiger partial charge in [0.25, 0.3) is 0 Å². The van der Waals surface area contributed by atoms with Crippen LogP contribution in [0.25, 0.3) is 0 Å². The van der Waals surface area contributed by atoms with E-state index in [-0.39, 0.29) is 6.29 Å². The average molecular weight is 144 g/mol. The zero-order valence-corrected chi connectivity index (χ0v) is 6.29. The van der Waals surface area contributed by atoms with Gasteiger partial charge in [-0.2, -0.15) is 0 Å². The largest absolute Gasteiger partial charge is 0.349 e. The highest BCUT2D eigenvalue weighted by atomic mass is 16.7. The van der Waals surface area contributed by atoms with Crippen LogP contribution in [-0.2, 0) is 14.3 Å². The highest BCUT2D eigenvalue weighted by Crippen LogP contribution is 2.24. The summed E-state index contributed by atoms with van der Waals surface area (Å²) in [5.41, 5.74) is -0.503. The Morgan fingerprint density at radius 2 is 1.90 bits per heavy atom. The summed E-state index contributed by atoms with van der Waals surface area (Å²) in [5, 5.41) is 0.